The van der Waals surface area contributed by atoms with Crippen molar-refractivity contribution < 1.29 is 13.7 Å². The van der Waals surface area contributed by atoms with Gasteiger partial charge in [0, 0.05) is 5.56 Å². The van der Waals surface area contributed by atoms with Gasteiger partial charge in [0.05, 0.1) is 12.7 Å². The van der Waals surface area contributed by atoms with Crippen LogP contribution in [0, 0.1) is 12.7 Å². The largest absolute Gasteiger partial charge is 0.494 e. The number of rotatable bonds is 3. The molecule has 0 aliphatic carbocycles. The van der Waals surface area contributed by atoms with Crippen LogP contribution in [-0.2, 0) is 0 Å². The van der Waals surface area contributed by atoms with Gasteiger partial charge in [-0.05, 0) is 30.7 Å². The molecule has 21 heavy (non-hydrogen) atoms. The van der Waals surface area contributed by atoms with Crippen LogP contribution in [0.3, 0.4) is 0 Å². The lowest BCUT2D eigenvalue weighted by atomic mass is 9.99. The van der Waals surface area contributed by atoms with Gasteiger partial charge in [0.1, 0.15) is 11.5 Å². The van der Waals surface area contributed by atoms with Crippen LogP contribution in [-0.4, -0.2) is 12.3 Å². The summed E-state index contributed by atoms with van der Waals surface area (Å²) in [5, 5.41) is 4.08. The summed E-state index contributed by atoms with van der Waals surface area (Å²) in [6, 6.07) is 14.5. The van der Waals surface area contributed by atoms with Gasteiger partial charge in [-0.3, -0.25) is 0 Å². The minimum absolute atomic E-state index is 0.209. The molecule has 0 aliphatic heterocycles. The second-order valence-electron chi connectivity index (χ2n) is 4.68. The van der Waals surface area contributed by atoms with Crippen LogP contribution in [0.4, 0.5) is 4.39 Å². The fourth-order valence-electron chi connectivity index (χ4n) is 2.33. The van der Waals surface area contributed by atoms with Crippen LogP contribution in [0.1, 0.15) is 5.76 Å². The molecule has 0 bridgehead atoms. The number of nitrogens with zero attached hydrogens (tertiary/aromatic N) is 1. The van der Waals surface area contributed by atoms with E-state index in [1.165, 1.54) is 13.2 Å². The predicted molar refractivity (Wildman–Crippen MR) is 78.6 cm³/mol. The van der Waals surface area contributed by atoms with Crippen molar-refractivity contribution in [1.82, 2.24) is 5.16 Å². The smallest absolute Gasteiger partial charge is 0.165 e. The molecule has 3 aromatic rings. The van der Waals surface area contributed by atoms with Gasteiger partial charge in [0.2, 0.25) is 0 Å². The van der Waals surface area contributed by atoms with E-state index < -0.39 is 5.82 Å². The molecular weight excluding hydrogens is 269 g/mol. The molecule has 0 N–H and O–H groups in total. The molecule has 0 amide bonds. The van der Waals surface area contributed by atoms with Crippen molar-refractivity contribution in [3.8, 4) is 28.1 Å². The summed E-state index contributed by atoms with van der Waals surface area (Å²) in [6.07, 6.45) is 0. The molecule has 0 aliphatic rings. The third kappa shape index (κ3) is 2.40. The fraction of sp³-hybridized carbons (Fsp3) is 0.118. The summed E-state index contributed by atoms with van der Waals surface area (Å²) in [5.74, 6) is 0.488. The summed E-state index contributed by atoms with van der Waals surface area (Å²) in [5.41, 5.74) is 3.15. The molecule has 1 aromatic heterocycles. The van der Waals surface area contributed by atoms with Crippen LogP contribution >= 0.6 is 0 Å². The minimum Gasteiger partial charge on any atom is -0.494 e. The average molecular weight is 283 g/mol. The number of aryl methyl sites for hydroxylation is 1. The Balaban J connectivity index is 2.14. The molecule has 0 saturated carbocycles. The third-order valence-corrected chi connectivity index (χ3v) is 3.35. The van der Waals surface area contributed by atoms with E-state index in [0.717, 1.165) is 11.1 Å². The van der Waals surface area contributed by atoms with Gasteiger partial charge in [-0.25, -0.2) is 4.39 Å². The lowest BCUT2D eigenvalue weighted by Gasteiger charge is -2.05. The highest BCUT2D eigenvalue weighted by molar-refractivity contribution is 5.82. The van der Waals surface area contributed by atoms with E-state index in [4.69, 9.17) is 9.26 Å². The van der Waals surface area contributed by atoms with E-state index in [-0.39, 0.29) is 5.75 Å². The topological polar surface area (TPSA) is 35.3 Å². The Morgan fingerprint density at radius 1 is 1.05 bits per heavy atom. The molecule has 4 heteroatoms. The molecular formula is C17H14FNO2. The zero-order chi connectivity index (χ0) is 14.8. The Bertz CT molecular complexity index is 766. The summed E-state index contributed by atoms with van der Waals surface area (Å²) in [4.78, 5) is 0. The summed E-state index contributed by atoms with van der Waals surface area (Å²) in [6.45, 7) is 1.85. The number of ether oxygens (including phenoxy) is 1. The lowest BCUT2D eigenvalue weighted by Crippen LogP contribution is -1.90. The summed E-state index contributed by atoms with van der Waals surface area (Å²) >= 11 is 0. The van der Waals surface area contributed by atoms with Crippen molar-refractivity contribution in [2.45, 2.75) is 6.92 Å². The zero-order valence-corrected chi connectivity index (χ0v) is 11.8. The molecule has 0 fully saturated rings. The SMILES string of the molecule is COc1ccc(-c2noc(C)c2-c2ccccc2)cc1F. The molecule has 1 heterocycles. The molecule has 3 nitrogen and oxygen atoms in total. The van der Waals surface area contributed by atoms with Gasteiger partial charge < -0.3 is 9.26 Å². The average Bonchev–Trinajstić information content (AvgIpc) is 2.90. The van der Waals surface area contributed by atoms with E-state index in [1.807, 2.05) is 37.3 Å². The van der Waals surface area contributed by atoms with Crippen LogP contribution in [0.5, 0.6) is 5.75 Å². The minimum atomic E-state index is -0.422. The molecule has 106 valence electrons. The van der Waals surface area contributed by atoms with E-state index >= 15 is 0 Å². The summed E-state index contributed by atoms with van der Waals surface area (Å²) in [7, 11) is 1.44. The third-order valence-electron chi connectivity index (χ3n) is 3.35. The molecule has 0 spiro atoms. The molecule has 0 radical (unpaired) electrons. The van der Waals surface area contributed by atoms with E-state index in [1.54, 1.807) is 12.1 Å². The quantitative estimate of drug-likeness (QED) is 0.711. The van der Waals surface area contributed by atoms with Crippen LogP contribution in [0.25, 0.3) is 22.4 Å². The van der Waals surface area contributed by atoms with Crippen LogP contribution in [0.15, 0.2) is 53.1 Å². The maximum Gasteiger partial charge on any atom is 0.165 e. The maximum atomic E-state index is 13.9. The van der Waals surface area contributed by atoms with Gasteiger partial charge in [-0.2, -0.15) is 0 Å². The fourth-order valence-corrected chi connectivity index (χ4v) is 2.33. The molecule has 0 unspecified atom stereocenters. The first kappa shape index (κ1) is 13.4. The normalized spacial score (nSPS) is 10.6. The van der Waals surface area contributed by atoms with Crippen molar-refractivity contribution >= 4 is 0 Å². The van der Waals surface area contributed by atoms with Crippen LogP contribution in [0.2, 0.25) is 0 Å². The first-order chi connectivity index (χ1) is 10.2. The van der Waals surface area contributed by atoms with Gasteiger partial charge in [0.25, 0.3) is 0 Å². The second-order valence-corrected chi connectivity index (χ2v) is 4.68. The zero-order valence-electron chi connectivity index (χ0n) is 11.8. The van der Waals surface area contributed by atoms with Crippen molar-refractivity contribution in [2.75, 3.05) is 7.11 Å². The first-order valence-electron chi connectivity index (χ1n) is 6.56. The van der Waals surface area contributed by atoms with E-state index in [2.05, 4.69) is 5.16 Å². The highest BCUT2D eigenvalue weighted by atomic mass is 19.1. The lowest BCUT2D eigenvalue weighted by molar-refractivity contribution is 0.386. The highest BCUT2D eigenvalue weighted by Gasteiger charge is 2.17. The van der Waals surface area contributed by atoms with Crippen molar-refractivity contribution in [3.63, 3.8) is 0 Å². The first-order valence-corrected chi connectivity index (χ1v) is 6.56. The van der Waals surface area contributed by atoms with Gasteiger partial charge >= 0.3 is 0 Å². The highest BCUT2D eigenvalue weighted by Crippen LogP contribution is 2.35. The Kier molecular flexibility index (Phi) is 3.44. The van der Waals surface area contributed by atoms with Crippen molar-refractivity contribution in [1.29, 1.82) is 0 Å². The molecule has 0 atom stereocenters. The second kappa shape index (κ2) is 5.40. The Morgan fingerprint density at radius 2 is 1.81 bits per heavy atom. The van der Waals surface area contributed by atoms with Crippen molar-refractivity contribution in [3.05, 3.63) is 60.1 Å². The van der Waals surface area contributed by atoms with E-state index in [0.29, 0.717) is 17.0 Å². The molecule has 2 aromatic carbocycles. The number of hydrogen-bond acceptors (Lipinski definition) is 3. The number of halogens is 1. The van der Waals surface area contributed by atoms with E-state index in [9.17, 15) is 4.39 Å². The Labute approximate surface area is 122 Å². The van der Waals surface area contributed by atoms with Gasteiger partial charge in [-0.1, -0.05) is 35.5 Å². The van der Waals surface area contributed by atoms with Crippen LogP contribution < -0.4 is 4.74 Å². The number of hydrogen-bond donors (Lipinski definition) is 0. The Hall–Kier alpha value is -2.62. The van der Waals surface area contributed by atoms with Crippen molar-refractivity contribution in [2.24, 2.45) is 0 Å². The predicted octanol–water partition coefficient (Wildman–Crippen LogP) is 4.46. The number of aromatic nitrogens is 1. The number of methoxy groups -OCH3 is 1. The maximum absolute atomic E-state index is 13.9. The Morgan fingerprint density at radius 3 is 2.48 bits per heavy atom. The molecule has 3 rings (SSSR count). The van der Waals surface area contributed by atoms with Gasteiger partial charge in [-0.15, -0.1) is 0 Å². The van der Waals surface area contributed by atoms with Gasteiger partial charge in [0.15, 0.2) is 11.6 Å². The number of benzene rings is 2. The standard InChI is InChI=1S/C17H14FNO2/c1-11-16(12-6-4-3-5-7-12)17(19-21-11)13-8-9-15(20-2)14(18)10-13/h3-10H,1-2H3. The summed E-state index contributed by atoms with van der Waals surface area (Å²) < 4.78 is 24.1. The monoisotopic (exact) mass is 283 g/mol. The molecule has 0 saturated heterocycles.